The summed E-state index contributed by atoms with van der Waals surface area (Å²) in [5.74, 6) is 0. The summed E-state index contributed by atoms with van der Waals surface area (Å²) in [4.78, 5) is 0. The van der Waals surface area contributed by atoms with Gasteiger partial charge in [0, 0.05) is 21.1 Å². The summed E-state index contributed by atoms with van der Waals surface area (Å²) in [6.07, 6.45) is 0. The van der Waals surface area contributed by atoms with Gasteiger partial charge in [0.2, 0.25) is 0 Å². The Kier molecular flexibility index (Phi) is 2.06. The Morgan fingerprint density at radius 3 is 2.89 bits per heavy atom. The predicted molar refractivity (Wildman–Crippen MR) is 78.7 cm³/mol. The quantitative estimate of drug-likeness (QED) is 0.649. The van der Waals surface area contributed by atoms with Crippen LogP contribution in [0.4, 0.5) is 5.69 Å². The highest BCUT2D eigenvalue weighted by Gasteiger charge is 2.17. The van der Waals surface area contributed by atoms with Crippen molar-refractivity contribution in [2.75, 3.05) is 5.32 Å². The standard InChI is InChI=1S/C15H11BrN2/c16-11-5-6-13-12(8-11)15-7-10-3-1-2-4-14(10)18(15)9-17-13/h1-8,17H,9H2. The third-order valence-electron chi connectivity index (χ3n) is 3.50. The molecule has 88 valence electrons. The average Bonchev–Trinajstić information content (AvgIpc) is 2.78. The maximum Gasteiger partial charge on any atom is 0.0926 e. The van der Waals surface area contributed by atoms with Crippen molar-refractivity contribution in [3.05, 3.63) is 53.0 Å². The molecular formula is C15H11BrN2. The number of hydrogen-bond donors (Lipinski definition) is 1. The normalized spacial score (nSPS) is 12.9. The summed E-state index contributed by atoms with van der Waals surface area (Å²) >= 11 is 3.55. The molecule has 2 nitrogen and oxygen atoms in total. The Balaban J connectivity index is 2.08. The lowest BCUT2D eigenvalue weighted by Crippen LogP contribution is -2.14. The molecule has 1 aromatic heterocycles. The number of fused-ring (bicyclic) bond motifs is 5. The van der Waals surface area contributed by atoms with Gasteiger partial charge < -0.3 is 9.88 Å². The minimum Gasteiger partial charge on any atom is -0.367 e. The molecule has 1 N–H and O–H groups in total. The van der Waals surface area contributed by atoms with E-state index in [0.29, 0.717) is 0 Å². The van der Waals surface area contributed by atoms with Crippen molar-refractivity contribution in [3.8, 4) is 11.3 Å². The number of para-hydroxylation sites is 1. The molecule has 1 aliphatic heterocycles. The van der Waals surface area contributed by atoms with Crippen molar-refractivity contribution in [3.63, 3.8) is 0 Å². The zero-order chi connectivity index (χ0) is 12.1. The van der Waals surface area contributed by atoms with Crippen molar-refractivity contribution in [2.24, 2.45) is 0 Å². The highest BCUT2D eigenvalue weighted by atomic mass is 79.9. The van der Waals surface area contributed by atoms with Gasteiger partial charge in [-0.3, -0.25) is 0 Å². The number of nitrogens with one attached hydrogen (secondary N) is 1. The molecule has 0 atom stereocenters. The molecule has 0 bridgehead atoms. The van der Waals surface area contributed by atoms with Crippen molar-refractivity contribution < 1.29 is 0 Å². The van der Waals surface area contributed by atoms with E-state index in [1.807, 2.05) is 0 Å². The van der Waals surface area contributed by atoms with Gasteiger partial charge in [0.05, 0.1) is 17.9 Å². The highest BCUT2D eigenvalue weighted by molar-refractivity contribution is 9.10. The van der Waals surface area contributed by atoms with Crippen LogP contribution in [-0.2, 0) is 6.67 Å². The first-order valence-electron chi connectivity index (χ1n) is 5.95. The molecule has 0 unspecified atom stereocenters. The van der Waals surface area contributed by atoms with E-state index in [1.165, 1.54) is 27.8 Å². The van der Waals surface area contributed by atoms with Crippen LogP contribution in [0.25, 0.3) is 22.2 Å². The molecule has 18 heavy (non-hydrogen) atoms. The summed E-state index contributed by atoms with van der Waals surface area (Å²) in [5.41, 5.74) is 5.03. The van der Waals surface area contributed by atoms with E-state index in [9.17, 15) is 0 Å². The monoisotopic (exact) mass is 298 g/mol. The van der Waals surface area contributed by atoms with Crippen molar-refractivity contribution in [1.29, 1.82) is 0 Å². The number of rotatable bonds is 0. The lowest BCUT2D eigenvalue weighted by atomic mass is 10.1. The van der Waals surface area contributed by atoms with E-state index in [-0.39, 0.29) is 0 Å². The van der Waals surface area contributed by atoms with E-state index in [4.69, 9.17) is 0 Å². The topological polar surface area (TPSA) is 17.0 Å². The van der Waals surface area contributed by atoms with E-state index in [1.54, 1.807) is 0 Å². The molecule has 2 heterocycles. The third kappa shape index (κ3) is 1.34. The SMILES string of the molecule is Brc1ccc2c(c1)-c1cc3ccccc3n1CN2. The van der Waals surface area contributed by atoms with Crippen molar-refractivity contribution in [2.45, 2.75) is 6.67 Å². The molecular weight excluding hydrogens is 288 g/mol. The van der Waals surface area contributed by atoms with Gasteiger partial charge >= 0.3 is 0 Å². The minimum absolute atomic E-state index is 0.831. The van der Waals surface area contributed by atoms with Gasteiger partial charge in [-0.25, -0.2) is 0 Å². The lowest BCUT2D eigenvalue weighted by Gasteiger charge is -2.22. The van der Waals surface area contributed by atoms with Crippen LogP contribution < -0.4 is 5.32 Å². The molecule has 0 radical (unpaired) electrons. The molecule has 0 saturated heterocycles. The minimum atomic E-state index is 0.831. The Hall–Kier alpha value is -1.74. The van der Waals surface area contributed by atoms with Crippen LogP contribution in [-0.4, -0.2) is 4.57 Å². The number of anilines is 1. The Labute approximate surface area is 113 Å². The maximum absolute atomic E-state index is 3.55. The van der Waals surface area contributed by atoms with Crippen LogP contribution in [0.5, 0.6) is 0 Å². The molecule has 1 aliphatic rings. The molecule has 0 aliphatic carbocycles. The fourth-order valence-electron chi connectivity index (χ4n) is 2.65. The molecule has 0 fully saturated rings. The summed E-state index contributed by atoms with van der Waals surface area (Å²) in [7, 11) is 0. The average molecular weight is 299 g/mol. The van der Waals surface area contributed by atoms with E-state index >= 15 is 0 Å². The van der Waals surface area contributed by atoms with Crippen LogP contribution in [0.15, 0.2) is 53.0 Å². The summed E-state index contributed by atoms with van der Waals surface area (Å²) in [6, 6.07) is 17.1. The summed E-state index contributed by atoms with van der Waals surface area (Å²) in [6.45, 7) is 0.831. The largest absolute Gasteiger partial charge is 0.367 e. The van der Waals surface area contributed by atoms with Crippen LogP contribution >= 0.6 is 15.9 Å². The molecule has 0 spiro atoms. The molecule has 3 heteroatoms. The molecule has 3 aromatic rings. The van der Waals surface area contributed by atoms with Crippen LogP contribution in [0, 0.1) is 0 Å². The van der Waals surface area contributed by atoms with Gasteiger partial charge in [-0.15, -0.1) is 0 Å². The second-order valence-electron chi connectivity index (χ2n) is 4.54. The number of benzene rings is 2. The van der Waals surface area contributed by atoms with Gasteiger partial charge in [-0.2, -0.15) is 0 Å². The summed E-state index contributed by atoms with van der Waals surface area (Å²) in [5, 5.41) is 4.76. The fraction of sp³-hybridized carbons (Fsp3) is 0.0667. The molecule has 0 amide bonds. The molecule has 2 aromatic carbocycles. The number of aromatic nitrogens is 1. The van der Waals surface area contributed by atoms with Crippen molar-refractivity contribution >= 4 is 32.5 Å². The van der Waals surface area contributed by atoms with Gasteiger partial charge in [0.25, 0.3) is 0 Å². The second-order valence-corrected chi connectivity index (χ2v) is 5.46. The predicted octanol–water partition coefficient (Wildman–Crippen LogP) is 4.45. The second kappa shape index (κ2) is 3.62. The highest BCUT2D eigenvalue weighted by Crippen LogP contribution is 2.37. The van der Waals surface area contributed by atoms with Gasteiger partial charge in [-0.1, -0.05) is 34.1 Å². The Morgan fingerprint density at radius 2 is 1.94 bits per heavy atom. The zero-order valence-corrected chi connectivity index (χ0v) is 11.2. The van der Waals surface area contributed by atoms with E-state index in [0.717, 1.165) is 11.1 Å². The van der Waals surface area contributed by atoms with Gasteiger partial charge in [0.1, 0.15) is 0 Å². The first-order chi connectivity index (χ1) is 8.83. The van der Waals surface area contributed by atoms with E-state index < -0.39 is 0 Å². The van der Waals surface area contributed by atoms with Crippen molar-refractivity contribution in [1.82, 2.24) is 4.57 Å². The zero-order valence-electron chi connectivity index (χ0n) is 9.65. The van der Waals surface area contributed by atoms with Crippen LogP contribution in [0.1, 0.15) is 0 Å². The van der Waals surface area contributed by atoms with E-state index in [2.05, 4.69) is 74.3 Å². The molecule has 4 rings (SSSR count). The number of nitrogens with zero attached hydrogens (tertiary/aromatic N) is 1. The first-order valence-corrected chi connectivity index (χ1v) is 6.74. The fourth-order valence-corrected chi connectivity index (χ4v) is 3.01. The van der Waals surface area contributed by atoms with Gasteiger partial charge in [0.15, 0.2) is 0 Å². The van der Waals surface area contributed by atoms with Crippen LogP contribution in [0.2, 0.25) is 0 Å². The Bertz CT molecular complexity index is 758. The van der Waals surface area contributed by atoms with Crippen LogP contribution in [0.3, 0.4) is 0 Å². The maximum atomic E-state index is 3.55. The number of hydrogen-bond acceptors (Lipinski definition) is 1. The lowest BCUT2D eigenvalue weighted by molar-refractivity contribution is 0.804. The third-order valence-corrected chi connectivity index (χ3v) is 3.99. The van der Waals surface area contributed by atoms with Gasteiger partial charge in [-0.05, 0) is 30.3 Å². The first kappa shape index (κ1) is 10.2. The Morgan fingerprint density at radius 1 is 1.06 bits per heavy atom. The number of halogens is 1. The molecule has 0 saturated carbocycles. The smallest absolute Gasteiger partial charge is 0.0926 e. The summed E-state index contributed by atoms with van der Waals surface area (Å²) < 4.78 is 3.44.